The summed E-state index contributed by atoms with van der Waals surface area (Å²) < 4.78 is 12.9. The third-order valence-corrected chi connectivity index (χ3v) is 3.23. The van der Waals surface area contributed by atoms with Gasteiger partial charge < -0.3 is 10.0 Å². The van der Waals surface area contributed by atoms with E-state index in [0.717, 1.165) is 6.07 Å². The molecule has 17 heavy (non-hydrogen) atoms. The number of amides is 1. The topological polar surface area (TPSA) is 40.5 Å². The highest BCUT2D eigenvalue weighted by Gasteiger charge is 2.23. The molecule has 0 saturated carbocycles. The maximum Gasteiger partial charge on any atom is 0.255 e. The van der Waals surface area contributed by atoms with Gasteiger partial charge in [0.25, 0.3) is 5.91 Å². The van der Waals surface area contributed by atoms with Crippen LogP contribution in [0.25, 0.3) is 0 Å². The summed E-state index contributed by atoms with van der Waals surface area (Å²) in [6.45, 7) is 1.02. The molecule has 1 amide bonds. The van der Waals surface area contributed by atoms with Crippen LogP contribution in [0.5, 0.6) is 0 Å². The molecule has 0 radical (unpaired) electrons. The fourth-order valence-corrected chi connectivity index (χ4v) is 2.15. The van der Waals surface area contributed by atoms with Gasteiger partial charge in [0.1, 0.15) is 5.82 Å². The number of nitrogens with zero attached hydrogens (tertiary/aromatic N) is 1. The molecule has 1 heterocycles. The average molecular weight is 258 g/mol. The van der Waals surface area contributed by atoms with Crippen LogP contribution >= 0.6 is 11.6 Å². The molecule has 1 aliphatic rings. The van der Waals surface area contributed by atoms with Crippen molar-refractivity contribution in [3.8, 4) is 0 Å². The minimum Gasteiger partial charge on any atom is -0.393 e. The van der Waals surface area contributed by atoms with E-state index < -0.39 is 5.82 Å². The van der Waals surface area contributed by atoms with E-state index >= 15 is 0 Å². The Bertz CT molecular complexity index is 431. The van der Waals surface area contributed by atoms with Crippen LogP contribution in [-0.2, 0) is 0 Å². The van der Waals surface area contributed by atoms with Crippen molar-refractivity contribution in [3.05, 3.63) is 34.6 Å². The number of benzene rings is 1. The van der Waals surface area contributed by atoms with E-state index in [-0.39, 0.29) is 17.0 Å². The van der Waals surface area contributed by atoms with Gasteiger partial charge in [-0.25, -0.2) is 4.39 Å². The molecule has 0 aliphatic carbocycles. The highest BCUT2D eigenvalue weighted by atomic mass is 35.5. The number of aliphatic hydroxyl groups excluding tert-OH is 1. The molecule has 2 rings (SSSR count). The first-order valence-electron chi connectivity index (χ1n) is 5.50. The molecule has 5 heteroatoms. The average Bonchev–Trinajstić information content (AvgIpc) is 2.29. The first-order valence-corrected chi connectivity index (χ1v) is 5.88. The normalized spacial score (nSPS) is 17.2. The summed E-state index contributed by atoms with van der Waals surface area (Å²) in [5, 5.41) is 9.48. The molecule has 1 aromatic carbocycles. The van der Waals surface area contributed by atoms with Crippen molar-refractivity contribution in [2.45, 2.75) is 18.9 Å². The van der Waals surface area contributed by atoms with Crippen LogP contribution in [-0.4, -0.2) is 35.1 Å². The minimum absolute atomic E-state index is 0.126. The Balaban J connectivity index is 2.14. The van der Waals surface area contributed by atoms with Crippen molar-refractivity contribution in [1.82, 2.24) is 4.90 Å². The van der Waals surface area contributed by atoms with E-state index in [2.05, 4.69) is 0 Å². The zero-order chi connectivity index (χ0) is 12.4. The third kappa shape index (κ3) is 2.76. The number of hydrogen-bond acceptors (Lipinski definition) is 2. The Morgan fingerprint density at radius 2 is 2.06 bits per heavy atom. The van der Waals surface area contributed by atoms with Gasteiger partial charge in [0.05, 0.1) is 16.7 Å². The van der Waals surface area contributed by atoms with Crippen molar-refractivity contribution in [2.24, 2.45) is 0 Å². The smallest absolute Gasteiger partial charge is 0.255 e. The van der Waals surface area contributed by atoms with Gasteiger partial charge in [0.2, 0.25) is 0 Å². The van der Waals surface area contributed by atoms with Gasteiger partial charge in [0.15, 0.2) is 0 Å². The Kier molecular flexibility index (Phi) is 3.64. The van der Waals surface area contributed by atoms with E-state index in [1.807, 2.05) is 0 Å². The molecular formula is C12H13ClFNO2. The Hall–Kier alpha value is -1.13. The Morgan fingerprint density at radius 3 is 2.65 bits per heavy atom. The van der Waals surface area contributed by atoms with Crippen molar-refractivity contribution in [2.75, 3.05) is 13.1 Å². The summed E-state index contributed by atoms with van der Waals surface area (Å²) in [7, 11) is 0. The molecule has 0 bridgehead atoms. The van der Waals surface area contributed by atoms with Crippen LogP contribution in [0.2, 0.25) is 5.02 Å². The second kappa shape index (κ2) is 5.02. The highest BCUT2D eigenvalue weighted by molar-refractivity contribution is 6.33. The van der Waals surface area contributed by atoms with Gasteiger partial charge in [0, 0.05) is 13.1 Å². The van der Waals surface area contributed by atoms with Crippen LogP contribution in [0.15, 0.2) is 18.2 Å². The zero-order valence-electron chi connectivity index (χ0n) is 9.20. The van der Waals surface area contributed by atoms with Crippen LogP contribution in [0.4, 0.5) is 4.39 Å². The predicted molar refractivity (Wildman–Crippen MR) is 62.6 cm³/mol. The number of rotatable bonds is 1. The molecule has 1 N–H and O–H groups in total. The lowest BCUT2D eigenvalue weighted by atomic mass is 10.1. The minimum atomic E-state index is -0.458. The third-order valence-electron chi connectivity index (χ3n) is 2.91. The van der Waals surface area contributed by atoms with Gasteiger partial charge in [-0.15, -0.1) is 0 Å². The molecular weight excluding hydrogens is 245 g/mol. The lowest BCUT2D eigenvalue weighted by Crippen LogP contribution is -2.40. The van der Waals surface area contributed by atoms with Gasteiger partial charge >= 0.3 is 0 Å². The van der Waals surface area contributed by atoms with E-state index in [9.17, 15) is 14.3 Å². The molecule has 92 valence electrons. The lowest BCUT2D eigenvalue weighted by molar-refractivity contribution is 0.0546. The van der Waals surface area contributed by atoms with E-state index in [0.29, 0.717) is 31.5 Å². The van der Waals surface area contributed by atoms with Crippen LogP contribution in [0.3, 0.4) is 0 Å². The summed E-state index contributed by atoms with van der Waals surface area (Å²) in [6, 6.07) is 3.75. The first-order chi connectivity index (χ1) is 8.08. The number of likely N-dealkylation sites (tertiary alicyclic amines) is 1. The van der Waals surface area contributed by atoms with Crippen molar-refractivity contribution < 1.29 is 14.3 Å². The van der Waals surface area contributed by atoms with Gasteiger partial charge in [-0.05, 0) is 31.0 Å². The highest BCUT2D eigenvalue weighted by Crippen LogP contribution is 2.21. The van der Waals surface area contributed by atoms with Crippen LogP contribution in [0, 0.1) is 5.82 Å². The van der Waals surface area contributed by atoms with E-state index in [1.165, 1.54) is 12.1 Å². The fraction of sp³-hybridized carbons (Fsp3) is 0.417. The van der Waals surface area contributed by atoms with Gasteiger partial charge in [-0.1, -0.05) is 11.6 Å². The lowest BCUT2D eigenvalue weighted by Gasteiger charge is -2.29. The van der Waals surface area contributed by atoms with Crippen molar-refractivity contribution >= 4 is 17.5 Å². The summed E-state index contributed by atoms with van der Waals surface area (Å²) in [4.78, 5) is 13.7. The standard InChI is InChI=1S/C12H13ClFNO2/c13-11-7-8(14)1-2-10(11)12(17)15-5-3-9(16)4-6-15/h1-2,7,9,16H,3-6H2. The summed E-state index contributed by atoms with van der Waals surface area (Å²) >= 11 is 5.84. The second-order valence-corrected chi connectivity index (χ2v) is 4.55. The number of piperidine rings is 1. The second-order valence-electron chi connectivity index (χ2n) is 4.15. The molecule has 0 aromatic heterocycles. The van der Waals surface area contributed by atoms with Crippen molar-refractivity contribution in [3.63, 3.8) is 0 Å². The Morgan fingerprint density at radius 1 is 1.41 bits per heavy atom. The molecule has 1 aliphatic heterocycles. The van der Waals surface area contributed by atoms with Crippen LogP contribution in [0.1, 0.15) is 23.2 Å². The molecule has 0 atom stereocenters. The molecule has 0 unspecified atom stereocenters. The predicted octanol–water partition coefficient (Wildman–Crippen LogP) is 2.08. The van der Waals surface area contributed by atoms with Gasteiger partial charge in [-0.3, -0.25) is 4.79 Å². The number of hydrogen-bond donors (Lipinski definition) is 1. The molecule has 1 saturated heterocycles. The van der Waals surface area contributed by atoms with Crippen molar-refractivity contribution in [1.29, 1.82) is 0 Å². The summed E-state index contributed by atoms with van der Waals surface area (Å²) in [5.41, 5.74) is 0.310. The van der Waals surface area contributed by atoms with E-state index in [1.54, 1.807) is 4.90 Å². The van der Waals surface area contributed by atoms with Crippen LogP contribution < -0.4 is 0 Å². The zero-order valence-corrected chi connectivity index (χ0v) is 9.95. The SMILES string of the molecule is O=C(c1ccc(F)cc1Cl)N1CCC(O)CC1. The number of carbonyl (C=O) groups excluding carboxylic acids is 1. The quantitative estimate of drug-likeness (QED) is 0.837. The Labute approximate surface area is 104 Å². The molecule has 1 aromatic rings. The maximum atomic E-state index is 12.9. The summed E-state index contributed by atoms with van der Waals surface area (Å²) in [6.07, 6.45) is 0.817. The number of halogens is 2. The number of carbonyl (C=O) groups is 1. The monoisotopic (exact) mass is 257 g/mol. The maximum absolute atomic E-state index is 12.9. The summed E-state index contributed by atoms with van der Waals surface area (Å²) in [5.74, 6) is -0.664. The molecule has 1 fully saturated rings. The largest absolute Gasteiger partial charge is 0.393 e. The number of aliphatic hydroxyl groups is 1. The van der Waals surface area contributed by atoms with Gasteiger partial charge in [-0.2, -0.15) is 0 Å². The first kappa shape index (κ1) is 12.3. The molecule has 0 spiro atoms. The fourth-order valence-electron chi connectivity index (χ4n) is 1.90. The van der Waals surface area contributed by atoms with E-state index in [4.69, 9.17) is 11.6 Å². The molecule has 3 nitrogen and oxygen atoms in total.